The summed E-state index contributed by atoms with van der Waals surface area (Å²) in [5.41, 5.74) is 6.66. The number of benzene rings is 3. The molecule has 1 aromatic heterocycles. The van der Waals surface area contributed by atoms with Gasteiger partial charge in [0.15, 0.2) is 0 Å². The molecule has 0 unspecified atom stereocenters. The molecular weight excluding hydrogens is 512 g/mol. The van der Waals surface area contributed by atoms with E-state index in [1.165, 1.54) is 18.2 Å². The van der Waals surface area contributed by atoms with E-state index in [4.69, 9.17) is 5.73 Å². The smallest absolute Gasteiger partial charge is 0.369 e. The normalized spacial score (nSPS) is 15.8. The van der Waals surface area contributed by atoms with Crippen LogP contribution in [0, 0.1) is 5.82 Å². The van der Waals surface area contributed by atoms with Gasteiger partial charge < -0.3 is 20.9 Å². The van der Waals surface area contributed by atoms with Crippen LogP contribution in [0.3, 0.4) is 0 Å². The van der Waals surface area contributed by atoms with Crippen LogP contribution in [0.15, 0.2) is 60.8 Å². The van der Waals surface area contributed by atoms with E-state index in [0.717, 1.165) is 18.6 Å². The first-order valence-electron chi connectivity index (χ1n) is 12.3. The number of hydrogen-bond donors (Lipinski definition) is 2. The van der Waals surface area contributed by atoms with Crippen LogP contribution in [-0.2, 0) is 6.18 Å². The number of anilines is 3. The third-order valence-corrected chi connectivity index (χ3v) is 6.95. The van der Waals surface area contributed by atoms with Gasteiger partial charge in [0.25, 0.3) is 5.91 Å². The van der Waals surface area contributed by atoms with Gasteiger partial charge in [-0.15, -0.1) is 0 Å². The van der Waals surface area contributed by atoms with Crippen molar-refractivity contribution in [3.05, 3.63) is 77.7 Å². The fourth-order valence-corrected chi connectivity index (χ4v) is 4.77. The number of nitrogens with zero attached hydrogens (tertiary/aromatic N) is 4. The van der Waals surface area contributed by atoms with Crippen LogP contribution in [-0.4, -0.2) is 54.0 Å². The van der Waals surface area contributed by atoms with Gasteiger partial charge in [-0.3, -0.25) is 4.79 Å². The van der Waals surface area contributed by atoms with E-state index < -0.39 is 23.5 Å². The zero-order valence-electron chi connectivity index (χ0n) is 21.3. The summed E-state index contributed by atoms with van der Waals surface area (Å²) in [6.07, 6.45) is -2.27. The number of nitrogens with one attached hydrogen (secondary N) is 1. The lowest BCUT2D eigenvalue weighted by atomic mass is 10.0. The van der Waals surface area contributed by atoms with Crippen molar-refractivity contribution in [2.45, 2.75) is 18.6 Å². The van der Waals surface area contributed by atoms with E-state index in [1.54, 1.807) is 30.5 Å². The maximum atomic E-state index is 14.8. The maximum Gasteiger partial charge on any atom is 0.416 e. The van der Waals surface area contributed by atoms with Crippen molar-refractivity contribution in [1.82, 2.24) is 14.9 Å². The molecule has 1 saturated heterocycles. The highest BCUT2D eigenvalue weighted by Crippen LogP contribution is 2.35. The summed E-state index contributed by atoms with van der Waals surface area (Å²) in [7, 11) is 3.87. The molecule has 0 saturated carbocycles. The van der Waals surface area contributed by atoms with Gasteiger partial charge in [-0.2, -0.15) is 13.2 Å². The van der Waals surface area contributed by atoms with Crippen LogP contribution in [0.4, 0.5) is 34.9 Å². The average Bonchev–Trinajstić information content (AvgIpc) is 3.39. The minimum absolute atomic E-state index is 0.141. The third-order valence-electron chi connectivity index (χ3n) is 6.95. The van der Waals surface area contributed by atoms with Crippen LogP contribution in [0.5, 0.6) is 0 Å². The highest BCUT2D eigenvalue weighted by atomic mass is 19.4. The second-order valence-electron chi connectivity index (χ2n) is 9.73. The van der Waals surface area contributed by atoms with Gasteiger partial charge in [-0.1, -0.05) is 12.1 Å². The number of aromatic nitrogens is 2. The van der Waals surface area contributed by atoms with E-state index >= 15 is 0 Å². The van der Waals surface area contributed by atoms with Gasteiger partial charge >= 0.3 is 6.18 Å². The number of fused-ring (bicyclic) bond motifs is 1. The molecule has 0 aliphatic carbocycles. The van der Waals surface area contributed by atoms with Crippen LogP contribution < -0.4 is 16.0 Å². The zero-order chi connectivity index (χ0) is 27.9. The molecule has 5 rings (SSSR count). The molecule has 4 aromatic rings. The quantitative estimate of drug-likeness (QED) is 0.330. The van der Waals surface area contributed by atoms with Gasteiger partial charge in [0, 0.05) is 36.4 Å². The van der Waals surface area contributed by atoms with Crippen molar-refractivity contribution < 1.29 is 22.4 Å². The van der Waals surface area contributed by atoms with E-state index in [-0.39, 0.29) is 23.2 Å². The van der Waals surface area contributed by atoms with Gasteiger partial charge in [-0.25, -0.2) is 14.4 Å². The third kappa shape index (κ3) is 5.49. The Morgan fingerprint density at radius 3 is 2.54 bits per heavy atom. The molecule has 39 heavy (non-hydrogen) atoms. The molecule has 0 radical (unpaired) electrons. The SMILES string of the molecule is CN(C)[C@H]1CCN(c2ccc(C(F)(F)F)cc2C(=O)Nc2cc(-c3ccc4nc(N)ncc4c3)ccc2F)C1. The average molecular weight is 539 g/mol. The molecule has 1 aliphatic heterocycles. The number of amides is 1. The summed E-state index contributed by atoms with van der Waals surface area (Å²) >= 11 is 0. The largest absolute Gasteiger partial charge is 0.416 e. The molecule has 202 valence electrons. The second kappa shape index (κ2) is 10.1. The molecule has 0 spiro atoms. The summed E-state index contributed by atoms with van der Waals surface area (Å²) in [6, 6.07) is 12.8. The van der Waals surface area contributed by atoms with Crippen LogP contribution in [0.2, 0.25) is 0 Å². The van der Waals surface area contributed by atoms with Crippen LogP contribution in [0.1, 0.15) is 22.3 Å². The predicted molar refractivity (Wildman–Crippen MR) is 143 cm³/mol. The lowest BCUT2D eigenvalue weighted by molar-refractivity contribution is -0.137. The van der Waals surface area contributed by atoms with E-state index in [2.05, 4.69) is 15.3 Å². The Morgan fingerprint density at radius 2 is 1.82 bits per heavy atom. The number of nitrogens with two attached hydrogens (primary N) is 1. The summed E-state index contributed by atoms with van der Waals surface area (Å²) in [5.74, 6) is -1.41. The number of nitrogen functional groups attached to an aromatic ring is 1. The van der Waals surface area contributed by atoms with Gasteiger partial charge in [0.05, 0.1) is 22.3 Å². The molecule has 2 heterocycles. The number of likely N-dealkylation sites (N-methyl/N-ethyl adjacent to an activating group) is 1. The monoisotopic (exact) mass is 538 g/mol. The molecule has 3 aromatic carbocycles. The minimum Gasteiger partial charge on any atom is -0.369 e. The fourth-order valence-electron chi connectivity index (χ4n) is 4.77. The van der Waals surface area contributed by atoms with Gasteiger partial charge in [0.1, 0.15) is 5.82 Å². The highest BCUT2D eigenvalue weighted by Gasteiger charge is 2.34. The Kier molecular flexibility index (Phi) is 6.85. The van der Waals surface area contributed by atoms with Crippen LogP contribution >= 0.6 is 0 Å². The Labute approximate surface area is 222 Å². The molecule has 1 amide bonds. The fraction of sp³-hybridized carbons (Fsp3) is 0.250. The van der Waals surface area contributed by atoms with Crippen molar-refractivity contribution >= 4 is 34.1 Å². The number of carbonyl (C=O) groups is 1. The summed E-state index contributed by atoms with van der Waals surface area (Å²) in [5, 5.41) is 3.21. The van der Waals surface area contributed by atoms with Gasteiger partial charge in [-0.05, 0) is 74.1 Å². The molecule has 1 atom stereocenters. The molecule has 11 heteroatoms. The summed E-state index contributed by atoms with van der Waals surface area (Å²) in [4.78, 5) is 25.5. The Balaban J connectivity index is 1.48. The topological polar surface area (TPSA) is 87.4 Å². The number of rotatable bonds is 5. The molecular formula is C28H26F4N6O. The predicted octanol–water partition coefficient (Wildman–Crippen LogP) is 5.43. The first-order chi connectivity index (χ1) is 18.5. The van der Waals surface area contributed by atoms with Crippen molar-refractivity contribution in [3.63, 3.8) is 0 Å². The van der Waals surface area contributed by atoms with Crippen molar-refractivity contribution in [1.29, 1.82) is 0 Å². The lowest BCUT2D eigenvalue weighted by Gasteiger charge is -2.24. The molecule has 1 fully saturated rings. The van der Waals surface area contributed by atoms with Crippen LogP contribution in [0.25, 0.3) is 22.0 Å². The Bertz CT molecular complexity index is 1560. The number of carbonyl (C=O) groups excluding carboxylic acids is 1. The number of halogens is 4. The first-order valence-corrected chi connectivity index (χ1v) is 12.3. The lowest BCUT2D eigenvalue weighted by Crippen LogP contribution is -2.32. The molecule has 3 N–H and O–H groups in total. The highest BCUT2D eigenvalue weighted by molar-refractivity contribution is 6.08. The number of alkyl halides is 3. The molecule has 0 bridgehead atoms. The maximum absolute atomic E-state index is 14.8. The zero-order valence-corrected chi connectivity index (χ0v) is 21.3. The van der Waals surface area contributed by atoms with Crippen molar-refractivity contribution in [2.75, 3.05) is 43.1 Å². The number of hydrogen-bond acceptors (Lipinski definition) is 6. The molecule has 1 aliphatic rings. The standard InChI is InChI=1S/C28H26F4N6O/c1-37(2)20-9-10-38(15-20)25-8-5-19(28(30,31)32)13-21(25)26(39)35-24-12-17(3-6-22(24)29)16-4-7-23-18(11-16)14-34-27(33)36-23/h3-8,11-14,20H,9-10,15H2,1-2H3,(H,35,39)(H2,33,34,36)/t20-/m0/s1. The molecule has 7 nitrogen and oxygen atoms in total. The summed E-state index contributed by atoms with van der Waals surface area (Å²) in [6.45, 7) is 1.13. The second-order valence-corrected chi connectivity index (χ2v) is 9.73. The van der Waals surface area contributed by atoms with E-state index in [0.29, 0.717) is 40.8 Å². The van der Waals surface area contributed by atoms with Gasteiger partial charge in [0.2, 0.25) is 5.95 Å². The Morgan fingerprint density at radius 1 is 1.08 bits per heavy atom. The Hall–Kier alpha value is -4.25. The minimum atomic E-state index is -4.64. The van der Waals surface area contributed by atoms with E-state index in [1.807, 2.05) is 23.9 Å². The first kappa shape index (κ1) is 26.4. The van der Waals surface area contributed by atoms with Crippen molar-refractivity contribution in [2.24, 2.45) is 0 Å². The summed E-state index contributed by atoms with van der Waals surface area (Å²) < 4.78 is 55.5. The van der Waals surface area contributed by atoms with Crippen molar-refractivity contribution in [3.8, 4) is 11.1 Å². The van der Waals surface area contributed by atoms with E-state index in [9.17, 15) is 22.4 Å².